The van der Waals surface area contributed by atoms with Gasteiger partial charge in [0, 0.05) is 7.05 Å². The van der Waals surface area contributed by atoms with Crippen LogP contribution in [0.15, 0.2) is 28.8 Å². The van der Waals surface area contributed by atoms with Crippen LogP contribution in [0.5, 0.6) is 5.75 Å². The van der Waals surface area contributed by atoms with Crippen LogP contribution in [0.2, 0.25) is 0 Å². The van der Waals surface area contributed by atoms with Crippen molar-refractivity contribution in [3.8, 4) is 5.75 Å². The number of carboxylic acids is 1. The highest BCUT2D eigenvalue weighted by molar-refractivity contribution is 5.84. The van der Waals surface area contributed by atoms with Crippen LogP contribution < -0.4 is 4.74 Å². The summed E-state index contributed by atoms with van der Waals surface area (Å²) in [6.45, 7) is 5.53. The summed E-state index contributed by atoms with van der Waals surface area (Å²) in [6.07, 6.45) is 0.137. The maximum absolute atomic E-state index is 12.1. The highest BCUT2D eigenvalue weighted by Gasteiger charge is 2.21. The van der Waals surface area contributed by atoms with Crippen molar-refractivity contribution in [2.24, 2.45) is 0 Å². The first-order chi connectivity index (χ1) is 11.8. The third kappa shape index (κ3) is 4.59. The SMILES string of the molecule is Cc1noc(C)c1COc1ccc(CC(=O)N(C)C(C)C(=O)O)cc1. The van der Waals surface area contributed by atoms with Crippen molar-refractivity contribution in [2.75, 3.05) is 7.05 Å². The Morgan fingerprint density at radius 3 is 2.44 bits per heavy atom. The van der Waals surface area contributed by atoms with Gasteiger partial charge >= 0.3 is 5.97 Å². The molecular formula is C18H22N2O5. The zero-order valence-corrected chi connectivity index (χ0v) is 14.8. The largest absolute Gasteiger partial charge is 0.489 e. The van der Waals surface area contributed by atoms with E-state index in [1.165, 1.54) is 18.9 Å². The second-order valence-electron chi connectivity index (χ2n) is 5.93. The van der Waals surface area contributed by atoms with Crippen LogP contribution in [-0.2, 0) is 22.6 Å². The fraction of sp³-hybridized carbons (Fsp3) is 0.389. The van der Waals surface area contributed by atoms with Crippen LogP contribution in [0.3, 0.4) is 0 Å². The molecule has 0 saturated heterocycles. The van der Waals surface area contributed by atoms with E-state index in [0.717, 1.165) is 22.6 Å². The highest BCUT2D eigenvalue weighted by atomic mass is 16.5. The van der Waals surface area contributed by atoms with Crippen LogP contribution in [-0.4, -0.2) is 40.1 Å². The van der Waals surface area contributed by atoms with Gasteiger partial charge in [-0.1, -0.05) is 17.3 Å². The average Bonchev–Trinajstić information content (AvgIpc) is 2.91. The van der Waals surface area contributed by atoms with E-state index in [4.69, 9.17) is 14.4 Å². The molecule has 0 saturated carbocycles. The van der Waals surface area contributed by atoms with Gasteiger partial charge in [0.2, 0.25) is 5.91 Å². The van der Waals surface area contributed by atoms with E-state index in [9.17, 15) is 9.59 Å². The Hall–Kier alpha value is -2.83. The number of benzene rings is 1. The summed E-state index contributed by atoms with van der Waals surface area (Å²) in [6, 6.07) is 6.29. The number of likely N-dealkylation sites (N-methyl/N-ethyl adjacent to an activating group) is 1. The van der Waals surface area contributed by atoms with Crippen LogP contribution in [0.25, 0.3) is 0 Å². The maximum atomic E-state index is 12.1. The lowest BCUT2D eigenvalue weighted by molar-refractivity contribution is -0.147. The zero-order valence-electron chi connectivity index (χ0n) is 14.8. The standard InChI is InChI=1S/C18H22N2O5/c1-11-16(13(3)25-19-11)10-24-15-7-5-14(6-8-15)9-17(21)20(4)12(2)18(22)23/h5-8,12H,9-10H2,1-4H3,(H,22,23). The summed E-state index contributed by atoms with van der Waals surface area (Å²) >= 11 is 0. The summed E-state index contributed by atoms with van der Waals surface area (Å²) in [5.74, 6) is 0.122. The quantitative estimate of drug-likeness (QED) is 0.827. The van der Waals surface area contributed by atoms with Gasteiger partial charge in [-0.15, -0.1) is 0 Å². The summed E-state index contributed by atoms with van der Waals surface area (Å²) < 4.78 is 10.8. The topological polar surface area (TPSA) is 92.9 Å². The third-order valence-electron chi connectivity index (χ3n) is 4.17. The molecule has 0 radical (unpaired) electrons. The number of rotatable bonds is 7. The van der Waals surface area contributed by atoms with E-state index in [0.29, 0.717) is 12.4 Å². The summed E-state index contributed by atoms with van der Waals surface area (Å²) in [5, 5.41) is 12.8. The molecule has 0 aliphatic carbocycles. The van der Waals surface area contributed by atoms with Gasteiger partial charge in [-0.25, -0.2) is 4.79 Å². The van der Waals surface area contributed by atoms with Crippen LogP contribution >= 0.6 is 0 Å². The molecule has 1 unspecified atom stereocenters. The number of hydrogen-bond acceptors (Lipinski definition) is 5. The van der Waals surface area contributed by atoms with Gasteiger partial charge in [0.05, 0.1) is 17.7 Å². The lowest BCUT2D eigenvalue weighted by Gasteiger charge is -2.21. The first-order valence-electron chi connectivity index (χ1n) is 7.91. The first-order valence-corrected chi connectivity index (χ1v) is 7.91. The predicted octanol–water partition coefficient (Wildman–Crippen LogP) is 2.34. The molecule has 1 aromatic carbocycles. The molecule has 0 fully saturated rings. The van der Waals surface area contributed by atoms with Crippen molar-refractivity contribution in [1.29, 1.82) is 0 Å². The van der Waals surface area contributed by atoms with Gasteiger partial charge in [-0.3, -0.25) is 4.79 Å². The molecule has 1 heterocycles. The number of nitrogens with zero attached hydrogens (tertiary/aromatic N) is 2. The van der Waals surface area contributed by atoms with Gasteiger partial charge in [-0.05, 0) is 38.5 Å². The van der Waals surface area contributed by atoms with E-state index in [-0.39, 0.29) is 12.3 Å². The third-order valence-corrected chi connectivity index (χ3v) is 4.17. The smallest absolute Gasteiger partial charge is 0.326 e. The van der Waals surface area contributed by atoms with E-state index >= 15 is 0 Å². The molecule has 25 heavy (non-hydrogen) atoms. The molecule has 0 aliphatic rings. The normalized spacial score (nSPS) is 11.8. The number of aryl methyl sites for hydroxylation is 2. The van der Waals surface area contributed by atoms with E-state index < -0.39 is 12.0 Å². The predicted molar refractivity (Wildman–Crippen MR) is 90.3 cm³/mol. The molecule has 0 spiro atoms. The van der Waals surface area contributed by atoms with Gasteiger partial charge in [0.25, 0.3) is 0 Å². The number of ether oxygens (including phenoxy) is 1. The molecule has 7 nitrogen and oxygen atoms in total. The molecule has 0 aliphatic heterocycles. The number of aliphatic carboxylic acids is 1. The molecule has 1 atom stereocenters. The zero-order chi connectivity index (χ0) is 18.6. The maximum Gasteiger partial charge on any atom is 0.326 e. The molecule has 2 aromatic rings. The fourth-order valence-corrected chi connectivity index (χ4v) is 2.25. The molecule has 134 valence electrons. The van der Waals surface area contributed by atoms with E-state index in [1.807, 2.05) is 13.8 Å². The van der Waals surface area contributed by atoms with Crippen LogP contribution in [0, 0.1) is 13.8 Å². The first kappa shape index (κ1) is 18.5. The minimum atomic E-state index is -1.03. The second kappa shape index (κ2) is 7.83. The Morgan fingerprint density at radius 2 is 1.92 bits per heavy atom. The Morgan fingerprint density at radius 1 is 1.28 bits per heavy atom. The molecule has 1 aromatic heterocycles. The molecule has 2 rings (SSSR count). The van der Waals surface area contributed by atoms with Crippen molar-refractivity contribution in [2.45, 2.75) is 39.8 Å². The summed E-state index contributed by atoms with van der Waals surface area (Å²) in [4.78, 5) is 24.3. The molecule has 1 amide bonds. The fourth-order valence-electron chi connectivity index (χ4n) is 2.25. The van der Waals surface area contributed by atoms with Crippen molar-refractivity contribution in [1.82, 2.24) is 10.1 Å². The molecule has 7 heteroatoms. The monoisotopic (exact) mass is 346 g/mol. The number of aromatic nitrogens is 1. The van der Waals surface area contributed by atoms with Crippen LogP contribution in [0.4, 0.5) is 0 Å². The molecule has 0 bridgehead atoms. The lowest BCUT2D eigenvalue weighted by Crippen LogP contribution is -2.41. The summed E-state index contributed by atoms with van der Waals surface area (Å²) in [5.41, 5.74) is 2.51. The number of carbonyl (C=O) groups excluding carboxylic acids is 1. The van der Waals surface area contributed by atoms with Crippen molar-refractivity contribution >= 4 is 11.9 Å². The lowest BCUT2D eigenvalue weighted by atomic mass is 10.1. The van der Waals surface area contributed by atoms with Crippen LogP contribution in [0.1, 0.15) is 29.5 Å². The average molecular weight is 346 g/mol. The number of amides is 1. The van der Waals surface area contributed by atoms with Gasteiger partial charge < -0.3 is 19.3 Å². The van der Waals surface area contributed by atoms with Gasteiger partial charge in [-0.2, -0.15) is 0 Å². The highest BCUT2D eigenvalue weighted by Crippen LogP contribution is 2.18. The minimum Gasteiger partial charge on any atom is -0.489 e. The van der Waals surface area contributed by atoms with Gasteiger partial charge in [0.1, 0.15) is 24.2 Å². The number of hydrogen-bond donors (Lipinski definition) is 1. The Balaban J connectivity index is 1.93. The van der Waals surface area contributed by atoms with Crippen molar-refractivity contribution in [3.63, 3.8) is 0 Å². The molecular weight excluding hydrogens is 324 g/mol. The molecule has 1 N–H and O–H groups in total. The Bertz CT molecular complexity index is 732. The van der Waals surface area contributed by atoms with Crippen molar-refractivity contribution in [3.05, 3.63) is 46.8 Å². The number of carboxylic acid groups (broad SMARTS) is 1. The summed E-state index contributed by atoms with van der Waals surface area (Å²) in [7, 11) is 1.49. The minimum absolute atomic E-state index is 0.137. The Kier molecular flexibility index (Phi) is 5.80. The Labute approximate surface area is 146 Å². The van der Waals surface area contributed by atoms with Crippen molar-refractivity contribution < 1.29 is 24.0 Å². The van der Waals surface area contributed by atoms with E-state index in [1.54, 1.807) is 24.3 Å². The number of carbonyl (C=O) groups is 2. The van der Waals surface area contributed by atoms with Gasteiger partial charge in [0.15, 0.2) is 0 Å². The second-order valence-corrected chi connectivity index (χ2v) is 5.93. The van der Waals surface area contributed by atoms with E-state index in [2.05, 4.69) is 5.16 Å².